The Labute approximate surface area is 179 Å². The summed E-state index contributed by atoms with van der Waals surface area (Å²) in [5.41, 5.74) is 4.85. The van der Waals surface area contributed by atoms with Crippen LogP contribution in [0.3, 0.4) is 0 Å². The molecule has 1 fully saturated rings. The molecule has 4 rings (SSSR count). The van der Waals surface area contributed by atoms with E-state index < -0.39 is 0 Å². The highest BCUT2D eigenvalue weighted by molar-refractivity contribution is 5.80. The second-order valence-electron chi connectivity index (χ2n) is 7.94. The maximum Gasteiger partial charge on any atom is 0.227 e. The van der Waals surface area contributed by atoms with Gasteiger partial charge in [-0.15, -0.1) is 0 Å². The van der Waals surface area contributed by atoms with E-state index in [1.54, 1.807) is 6.20 Å². The largest absolute Gasteiger partial charge is 0.341 e. The predicted molar refractivity (Wildman–Crippen MR) is 121 cm³/mol. The Kier molecular flexibility index (Phi) is 6.55. The highest BCUT2D eigenvalue weighted by atomic mass is 16.2. The fourth-order valence-electron chi connectivity index (χ4n) is 4.33. The summed E-state index contributed by atoms with van der Waals surface area (Å²) < 4.78 is 0. The van der Waals surface area contributed by atoms with Crippen LogP contribution in [0.2, 0.25) is 0 Å². The van der Waals surface area contributed by atoms with E-state index in [2.05, 4.69) is 71.4 Å². The Morgan fingerprint density at radius 1 is 0.967 bits per heavy atom. The van der Waals surface area contributed by atoms with Gasteiger partial charge in [0.1, 0.15) is 0 Å². The van der Waals surface area contributed by atoms with Crippen LogP contribution in [-0.4, -0.2) is 46.9 Å². The van der Waals surface area contributed by atoms with Gasteiger partial charge in [0.05, 0.1) is 5.92 Å². The standard InChI is InChI=1S/C26H29N3O/c1-2-29-16-15-28(19-21-9-8-14-27-18-21)20-24(26(29)30)17-23-12-6-7-13-25(23)22-10-4-3-5-11-22/h3-14,18,24H,2,15-17,19-20H2,1H3. The molecule has 0 saturated carbocycles. The number of benzene rings is 2. The maximum absolute atomic E-state index is 13.3. The molecular formula is C26H29N3O. The van der Waals surface area contributed by atoms with Gasteiger partial charge in [0.15, 0.2) is 0 Å². The second-order valence-corrected chi connectivity index (χ2v) is 7.94. The number of hydrogen-bond donors (Lipinski definition) is 0. The molecule has 30 heavy (non-hydrogen) atoms. The molecule has 154 valence electrons. The zero-order valence-corrected chi connectivity index (χ0v) is 17.6. The van der Waals surface area contributed by atoms with E-state index in [-0.39, 0.29) is 11.8 Å². The summed E-state index contributed by atoms with van der Waals surface area (Å²) in [5, 5.41) is 0. The number of pyridine rings is 1. The molecule has 1 saturated heterocycles. The first-order chi connectivity index (χ1) is 14.7. The first kappa shape index (κ1) is 20.3. The summed E-state index contributed by atoms with van der Waals surface area (Å²) >= 11 is 0. The van der Waals surface area contributed by atoms with Gasteiger partial charge in [0, 0.05) is 45.1 Å². The van der Waals surface area contributed by atoms with Gasteiger partial charge in [-0.05, 0) is 41.7 Å². The van der Waals surface area contributed by atoms with Crippen LogP contribution >= 0.6 is 0 Å². The van der Waals surface area contributed by atoms with Crippen LogP contribution in [0.4, 0.5) is 0 Å². The van der Waals surface area contributed by atoms with Crippen molar-refractivity contribution in [3.05, 3.63) is 90.3 Å². The fraction of sp³-hybridized carbons (Fsp3) is 0.308. The highest BCUT2D eigenvalue weighted by Gasteiger charge is 2.30. The molecule has 0 spiro atoms. The number of nitrogens with zero attached hydrogens (tertiary/aromatic N) is 3. The molecule has 0 radical (unpaired) electrons. The summed E-state index contributed by atoms with van der Waals surface area (Å²) in [6.45, 7) is 6.11. The minimum Gasteiger partial charge on any atom is -0.341 e. The summed E-state index contributed by atoms with van der Waals surface area (Å²) in [4.78, 5) is 22.0. The lowest BCUT2D eigenvalue weighted by molar-refractivity contribution is -0.134. The van der Waals surface area contributed by atoms with Crippen molar-refractivity contribution in [3.8, 4) is 11.1 Å². The van der Waals surface area contributed by atoms with Crippen LogP contribution in [0.1, 0.15) is 18.1 Å². The molecule has 3 aromatic rings. The van der Waals surface area contributed by atoms with Gasteiger partial charge in [-0.25, -0.2) is 0 Å². The van der Waals surface area contributed by atoms with Crippen LogP contribution in [0.15, 0.2) is 79.1 Å². The Bertz CT molecular complexity index is 958. The summed E-state index contributed by atoms with van der Waals surface area (Å²) in [6.07, 6.45) is 4.48. The smallest absolute Gasteiger partial charge is 0.227 e. The zero-order chi connectivity index (χ0) is 20.8. The summed E-state index contributed by atoms with van der Waals surface area (Å²) in [7, 11) is 0. The van der Waals surface area contributed by atoms with Crippen LogP contribution in [-0.2, 0) is 17.8 Å². The lowest BCUT2D eigenvalue weighted by Crippen LogP contribution is -2.37. The molecule has 0 bridgehead atoms. The van der Waals surface area contributed by atoms with E-state index in [9.17, 15) is 4.79 Å². The van der Waals surface area contributed by atoms with Crippen molar-refractivity contribution in [2.24, 2.45) is 5.92 Å². The van der Waals surface area contributed by atoms with Crippen molar-refractivity contribution in [1.82, 2.24) is 14.8 Å². The third-order valence-corrected chi connectivity index (χ3v) is 5.90. The third kappa shape index (κ3) is 4.77. The Morgan fingerprint density at radius 3 is 2.53 bits per heavy atom. The number of likely N-dealkylation sites (N-methyl/N-ethyl adjacent to an activating group) is 1. The molecular weight excluding hydrogens is 370 g/mol. The molecule has 4 heteroatoms. The van der Waals surface area contributed by atoms with E-state index >= 15 is 0 Å². The molecule has 0 N–H and O–H groups in total. The van der Waals surface area contributed by atoms with Crippen LogP contribution in [0.25, 0.3) is 11.1 Å². The van der Waals surface area contributed by atoms with E-state index in [1.807, 2.05) is 23.2 Å². The van der Waals surface area contributed by atoms with Gasteiger partial charge in [0.25, 0.3) is 0 Å². The van der Waals surface area contributed by atoms with E-state index in [1.165, 1.54) is 22.3 Å². The van der Waals surface area contributed by atoms with Crippen molar-refractivity contribution in [2.45, 2.75) is 19.9 Å². The SMILES string of the molecule is CCN1CCN(Cc2cccnc2)CC(Cc2ccccc2-c2ccccc2)C1=O. The normalized spacial score (nSPS) is 17.7. The van der Waals surface area contributed by atoms with Gasteiger partial charge in [0.2, 0.25) is 5.91 Å². The number of aromatic nitrogens is 1. The molecule has 1 atom stereocenters. The highest BCUT2D eigenvalue weighted by Crippen LogP contribution is 2.27. The molecule has 1 amide bonds. The van der Waals surface area contributed by atoms with Crippen LogP contribution in [0.5, 0.6) is 0 Å². The van der Waals surface area contributed by atoms with Gasteiger partial charge in [-0.1, -0.05) is 60.7 Å². The van der Waals surface area contributed by atoms with Gasteiger partial charge in [-0.2, -0.15) is 0 Å². The van der Waals surface area contributed by atoms with Crippen molar-refractivity contribution >= 4 is 5.91 Å². The van der Waals surface area contributed by atoms with Crippen molar-refractivity contribution in [2.75, 3.05) is 26.2 Å². The number of hydrogen-bond acceptors (Lipinski definition) is 3. The lowest BCUT2D eigenvalue weighted by Gasteiger charge is -2.24. The molecule has 1 aliphatic rings. The molecule has 1 aliphatic heterocycles. The Morgan fingerprint density at radius 2 is 1.77 bits per heavy atom. The predicted octanol–water partition coefficient (Wildman–Crippen LogP) is 4.27. The van der Waals surface area contributed by atoms with Gasteiger partial charge >= 0.3 is 0 Å². The van der Waals surface area contributed by atoms with Gasteiger partial charge in [-0.3, -0.25) is 14.7 Å². The first-order valence-electron chi connectivity index (χ1n) is 10.8. The molecule has 1 aromatic heterocycles. The van der Waals surface area contributed by atoms with E-state index in [0.29, 0.717) is 0 Å². The first-order valence-corrected chi connectivity index (χ1v) is 10.8. The number of carbonyl (C=O) groups excluding carboxylic acids is 1. The monoisotopic (exact) mass is 399 g/mol. The summed E-state index contributed by atoms with van der Waals surface area (Å²) in [6, 6.07) is 23.0. The molecule has 0 aliphatic carbocycles. The van der Waals surface area contributed by atoms with Crippen LogP contribution < -0.4 is 0 Å². The van der Waals surface area contributed by atoms with Crippen molar-refractivity contribution < 1.29 is 4.79 Å². The number of carbonyl (C=O) groups is 1. The molecule has 4 nitrogen and oxygen atoms in total. The Balaban J connectivity index is 1.59. The van der Waals surface area contributed by atoms with Crippen LogP contribution in [0, 0.1) is 5.92 Å². The Hall–Kier alpha value is -2.98. The minimum absolute atomic E-state index is 0.0472. The number of rotatable bonds is 6. The maximum atomic E-state index is 13.3. The topological polar surface area (TPSA) is 36.4 Å². The van der Waals surface area contributed by atoms with E-state index in [0.717, 1.165) is 39.1 Å². The zero-order valence-electron chi connectivity index (χ0n) is 17.6. The fourth-order valence-corrected chi connectivity index (χ4v) is 4.33. The minimum atomic E-state index is -0.0472. The van der Waals surface area contributed by atoms with Crippen molar-refractivity contribution in [3.63, 3.8) is 0 Å². The van der Waals surface area contributed by atoms with Crippen molar-refractivity contribution in [1.29, 1.82) is 0 Å². The second kappa shape index (κ2) is 9.68. The van der Waals surface area contributed by atoms with Gasteiger partial charge < -0.3 is 4.90 Å². The molecule has 2 heterocycles. The quantitative estimate of drug-likeness (QED) is 0.621. The number of amides is 1. The summed E-state index contributed by atoms with van der Waals surface area (Å²) in [5.74, 6) is 0.225. The molecule has 2 aromatic carbocycles. The average Bonchev–Trinajstić information content (AvgIpc) is 2.94. The average molecular weight is 400 g/mol. The lowest BCUT2D eigenvalue weighted by atomic mass is 9.91. The van der Waals surface area contributed by atoms with E-state index in [4.69, 9.17) is 0 Å². The molecule has 1 unspecified atom stereocenters. The third-order valence-electron chi connectivity index (χ3n) is 5.90.